The number of hydrogen-bond acceptors (Lipinski definition) is 9. The molecule has 2 aliphatic rings. The van der Waals surface area contributed by atoms with E-state index in [1.54, 1.807) is 14.2 Å². The maximum Gasteiger partial charge on any atom is 0.308 e. The second-order valence-electron chi connectivity index (χ2n) is 10.1. The highest BCUT2D eigenvalue weighted by atomic mass is 32.2. The number of thioether (sulfide) groups is 1. The van der Waals surface area contributed by atoms with Crippen LogP contribution in [-0.2, 0) is 30.9 Å². The number of Topliss-reactive ketones (excluding diaryl/α,β-unsaturated/α-hetero) is 1. The van der Waals surface area contributed by atoms with Crippen molar-refractivity contribution in [3.8, 4) is 0 Å². The van der Waals surface area contributed by atoms with Crippen molar-refractivity contribution in [2.75, 3.05) is 7.11 Å². The van der Waals surface area contributed by atoms with Crippen LogP contribution in [0.25, 0.3) is 0 Å². The van der Waals surface area contributed by atoms with Crippen molar-refractivity contribution in [1.29, 1.82) is 0 Å². The van der Waals surface area contributed by atoms with Crippen molar-refractivity contribution in [2.45, 2.75) is 76.7 Å². The van der Waals surface area contributed by atoms with Crippen LogP contribution in [0.2, 0.25) is 0 Å². The van der Waals surface area contributed by atoms with Crippen molar-refractivity contribution in [2.24, 2.45) is 12.5 Å². The van der Waals surface area contributed by atoms with Crippen molar-refractivity contribution in [3.05, 3.63) is 17.1 Å². The van der Waals surface area contributed by atoms with E-state index in [1.807, 2.05) is 53.4 Å². The van der Waals surface area contributed by atoms with Crippen molar-refractivity contribution >= 4 is 40.7 Å². The molecule has 1 saturated heterocycles. The molecule has 1 unspecified atom stereocenters. The first kappa shape index (κ1) is 24.8. The fraction of sp³-hybridized carbons (Fsp3) is 0.714. The maximum absolute atomic E-state index is 13.6. The number of aromatic nitrogens is 4. The Morgan fingerprint density at radius 3 is 2.31 bits per heavy atom. The number of aryl methyl sites for hydroxylation is 1. The van der Waals surface area contributed by atoms with E-state index in [0.29, 0.717) is 22.1 Å². The van der Waals surface area contributed by atoms with E-state index < -0.39 is 21.7 Å². The number of nitrogens with zero attached hydrogens (tertiary/aromatic N) is 5. The van der Waals surface area contributed by atoms with Crippen LogP contribution >= 0.6 is 24.0 Å². The van der Waals surface area contributed by atoms with E-state index in [-0.39, 0.29) is 23.7 Å². The number of allylic oxidation sites excluding steroid dienone is 1. The van der Waals surface area contributed by atoms with Gasteiger partial charge in [-0.15, -0.1) is 16.9 Å². The molecule has 0 amide bonds. The van der Waals surface area contributed by atoms with E-state index in [4.69, 9.17) is 21.7 Å². The Morgan fingerprint density at radius 2 is 1.84 bits per heavy atom. The summed E-state index contributed by atoms with van der Waals surface area (Å²) in [5, 5.41) is 11.8. The summed E-state index contributed by atoms with van der Waals surface area (Å²) in [6, 6.07) is 0. The molecule has 3 heterocycles. The van der Waals surface area contributed by atoms with Gasteiger partial charge in [-0.1, -0.05) is 33.0 Å². The number of fused-ring (bicyclic) bond motifs is 1. The third-order valence-corrected chi connectivity index (χ3v) is 7.63. The molecule has 1 fully saturated rings. The van der Waals surface area contributed by atoms with Gasteiger partial charge >= 0.3 is 5.97 Å². The van der Waals surface area contributed by atoms with Crippen LogP contribution in [0.1, 0.15) is 60.7 Å². The average molecular weight is 482 g/mol. The molecule has 0 radical (unpaired) electrons. The topological polar surface area (TPSA) is 99.4 Å². The van der Waals surface area contributed by atoms with Gasteiger partial charge in [0.15, 0.2) is 11.6 Å². The lowest BCUT2D eigenvalue weighted by molar-refractivity contribution is -0.155. The van der Waals surface area contributed by atoms with Crippen LogP contribution in [0.5, 0.6) is 0 Å². The van der Waals surface area contributed by atoms with Crippen LogP contribution in [0.15, 0.2) is 11.3 Å². The summed E-state index contributed by atoms with van der Waals surface area (Å²) in [5.74, 6) is -0.00231. The van der Waals surface area contributed by atoms with E-state index in [1.165, 1.54) is 16.4 Å². The predicted molar refractivity (Wildman–Crippen MR) is 125 cm³/mol. The number of methoxy groups -OCH3 is 1. The van der Waals surface area contributed by atoms with Crippen molar-refractivity contribution in [3.63, 3.8) is 0 Å². The average Bonchev–Trinajstić information content (AvgIpc) is 3.07. The molecule has 0 spiro atoms. The van der Waals surface area contributed by atoms with Gasteiger partial charge in [0.1, 0.15) is 26.8 Å². The number of thiocarbonyl (C=S) groups is 1. The number of esters is 1. The van der Waals surface area contributed by atoms with Gasteiger partial charge in [-0.2, -0.15) is 0 Å². The Hall–Kier alpha value is -1.85. The molecule has 0 N–H and O–H groups in total. The van der Waals surface area contributed by atoms with Crippen molar-refractivity contribution in [1.82, 2.24) is 25.1 Å². The summed E-state index contributed by atoms with van der Waals surface area (Å²) in [7, 11) is 3.31. The summed E-state index contributed by atoms with van der Waals surface area (Å²) in [5.41, 5.74) is -0.158. The van der Waals surface area contributed by atoms with E-state index in [0.717, 1.165) is 0 Å². The molecule has 176 valence electrons. The standard InChI is InChI=1S/C21H31N5O4S2/c1-11-13(15(28)19(2,3)4)26-16(31)14(29-9)17(26)32-21(11,18-22-23-24-25(18)8)10-12(27)30-20(5,6)7/h14,17H,10H2,1-9H3/t14-,17+,21?/m0/s1. The minimum Gasteiger partial charge on any atom is -0.460 e. The smallest absolute Gasteiger partial charge is 0.308 e. The largest absolute Gasteiger partial charge is 0.460 e. The Morgan fingerprint density at radius 1 is 1.22 bits per heavy atom. The van der Waals surface area contributed by atoms with Crippen molar-refractivity contribution < 1.29 is 19.1 Å². The lowest BCUT2D eigenvalue weighted by Crippen LogP contribution is -2.67. The maximum atomic E-state index is 13.6. The molecule has 3 atom stereocenters. The summed E-state index contributed by atoms with van der Waals surface area (Å²) in [6.45, 7) is 12.9. The van der Waals surface area contributed by atoms with E-state index >= 15 is 0 Å². The monoisotopic (exact) mass is 481 g/mol. The fourth-order valence-electron chi connectivity index (χ4n) is 3.93. The number of rotatable bonds is 5. The molecule has 0 aliphatic carbocycles. The number of carbonyl (C=O) groups is 2. The van der Waals surface area contributed by atoms with Gasteiger partial charge in [0.2, 0.25) is 0 Å². The van der Waals surface area contributed by atoms with Crippen LogP contribution in [0.4, 0.5) is 0 Å². The molecule has 2 aliphatic heterocycles. The third kappa shape index (κ3) is 4.10. The fourth-order valence-corrected chi connectivity index (χ4v) is 6.37. The number of ether oxygens (including phenoxy) is 2. The number of ketones is 1. The third-order valence-electron chi connectivity index (χ3n) is 5.46. The molecule has 32 heavy (non-hydrogen) atoms. The highest BCUT2D eigenvalue weighted by molar-refractivity contribution is 8.01. The quantitative estimate of drug-likeness (QED) is 0.461. The summed E-state index contributed by atoms with van der Waals surface area (Å²) >= 11 is 7.07. The van der Waals surface area contributed by atoms with Crippen LogP contribution in [0, 0.1) is 5.41 Å². The Labute approximate surface area is 198 Å². The number of carbonyl (C=O) groups excluding carboxylic acids is 2. The molecule has 0 bridgehead atoms. The summed E-state index contributed by atoms with van der Waals surface area (Å²) in [6.07, 6.45) is -0.409. The van der Waals surface area contributed by atoms with Crippen LogP contribution < -0.4 is 0 Å². The Balaban J connectivity index is 2.25. The highest BCUT2D eigenvalue weighted by Gasteiger charge is 2.60. The predicted octanol–water partition coefficient (Wildman–Crippen LogP) is 2.76. The first-order valence-electron chi connectivity index (χ1n) is 10.4. The van der Waals surface area contributed by atoms with Gasteiger partial charge in [-0.25, -0.2) is 4.68 Å². The van der Waals surface area contributed by atoms with Gasteiger partial charge < -0.3 is 14.4 Å². The molecule has 1 aromatic heterocycles. The molecule has 9 nitrogen and oxygen atoms in total. The highest BCUT2D eigenvalue weighted by Crippen LogP contribution is 2.58. The lowest BCUT2D eigenvalue weighted by atomic mass is 9.82. The zero-order chi connectivity index (χ0) is 24.2. The van der Waals surface area contributed by atoms with E-state index in [2.05, 4.69) is 15.5 Å². The summed E-state index contributed by atoms with van der Waals surface area (Å²) in [4.78, 5) is 29.1. The minimum atomic E-state index is -1.02. The Bertz CT molecular complexity index is 991. The first-order valence-corrected chi connectivity index (χ1v) is 11.7. The van der Waals surface area contributed by atoms with Crippen LogP contribution in [0.3, 0.4) is 0 Å². The van der Waals surface area contributed by atoms with Gasteiger partial charge in [0.05, 0.1) is 12.1 Å². The molecular formula is C21H31N5O4S2. The lowest BCUT2D eigenvalue weighted by Gasteiger charge is -2.56. The van der Waals surface area contributed by atoms with Gasteiger partial charge in [-0.3, -0.25) is 9.59 Å². The normalized spacial score (nSPS) is 26.0. The molecule has 1 aromatic rings. The van der Waals surface area contributed by atoms with E-state index in [9.17, 15) is 9.59 Å². The van der Waals surface area contributed by atoms with Gasteiger partial charge in [-0.05, 0) is 43.7 Å². The Kier molecular flexibility index (Phi) is 6.33. The zero-order valence-electron chi connectivity index (χ0n) is 20.0. The van der Waals surface area contributed by atoms with Gasteiger partial charge in [0, 0.05) is 19.6 Å². The zero-order valence-corrected chi connectivity index (χ0v) is 21.7. The molecule has 3 rings (SSSR count). The minimum absolute atomic E-state index is 0.0383. The molecule has 0 saturated carbocycles. The second kappa shape index (κ2) is 8.18. The molecular weight excluding hydrogens is 450 g/mol. The number of hydrogen-bond donors (Lipinski definition) is 0. The molecule has 11 heteroatoms. The van der Waals surface area contributed by atoms with Gasteiger partial charge in [0.25, 0.3) is 0 Å². The number of tetrazole rings is 1. The molecule has 0 aromatic carbocycles. The first-order chi connectivity index (χ1) is 14.6. The summed E-state index contributed by atoms with van der Waals surface area (Å²) < 4.78 is 11.8. The second-order valence-corrected chi connectivity index (χ2v) is 12.0. The van der Waals surface area contributed by atoms with Crippen LogP contribution in [-0.4, -0.2) is 66.0 Å². The SMILES string of the molecule is CO[C@H]1C(=S)N2C(C(=O)C(C)(C)C)=C(C)C(CC(=O)OC(C)(C)C)(c3nnnn3C)S[C@H]12.